The molecule has 1 aromatic heterocycles. The fourth-order valence-corrected chi connectivity index (χ4v) is 4.09. The van der Waals surface area contributed by atoms with Gasteiger partial charge in [-0.1, -0.05) is 17.7 Å². The molecule has 22 heavy (non-hydrogen) atoms. The Morgan fingerprint density at radius 1 is 1.36 bits per heavy atom. The lowest BCUT2D eigenvalue weighted by molar-refractivity contribution is 0.0941. The van der Waals surface area contributed by atoms with Gasteiger partial charge in [-0.15, -0.1) is 11.3 Å². The van der Waals surface area contributed by atoms with Crippen LogP contribution in [0.5, 0.6) is 0 Å². The second-order valence-corrected chi connectivity index (χ2v) is 7.52. The van der Waals surface area contributed by atoms with Crippen molar-refractivity contribution in [2.75, 3.05) is 14.1 Å². The molecule has 0 spiro atoms. The summed E-state index contributed by atoms with van der Waals surface area (Å²) >= 11 is 7.59. The SMILES string of the molecule is CN(C)Cc1ccc(C(=O)N[C@@H]2CCc3cc(Cl)ccc32)s1. The molecule has 0 fully saturated rings. The van der Waals surface area contributed by atoms with Crippen LogP contribution in [0.3, 0.4) is 0 Å². The monoisotopic (exact) mass is 334 g/mol. The zero-order chi connectivity index (χ0) is 15.7. The predicted molar refractivity (Wildman–Crippen MR) is 91.7 cm³/mol. The number of halogens is 1. The average molecular weight is 335 g/mol. The van der Waals surface area contributed by atoms with Crippen molar-refractivity contribution in [3.63, 3.8) is 0 Å². The predicted octanol–water partition coefficient (Wildman–Crippen LogP) is 3.88. The molecule has 0 aliphatic heterocycles. The first-order chi connectivity index (χ1) is 10.5. The summed E-state index contributed by atoms with van der Waals surface area (Å²) in [6.45, 7) is 0.864. The Morgan fingerprint density at radius 2 is 2.18 bits per heavy atom. The zero-order valence-electron chi connectivity index (χ0n) is 12.7. The number of nitrogens with one attached hydrogen (secondary N) is 1. The van der Waals surface area contributed by atoms with Crippen LogP contribution < -0.4 is 5.32 Å². The minimum atomic E-state index is 0.0165. The highest BCUT2D eigenvalue weighted by molar-refractivity contribution is 7.14. The third kappa shape index (κ3) is 3.35. The van der Waals surface area contributed by atoms with Crippen molar-refractivity contribution in [3.05, 3.63) is 56.2 Å². The zero-order valence-corrected chi connectivity index (χ0v) is 14.3. The summed E-state index contributed by atoms with van der Waals surface area (Å²) in [4.78, 5) is 16.5. The molecule has 0 saturated heterocycles. The van der Waals surface area contributed by atoms with Crippen molar-refractivity contribution in [1.82, 2.24) is 10.2 Å². The first-order valence-electron chi connectivity index (χ1n) is 7.35. The first kappa shape index (κ1) is 15.5. The van der Waals surface area contributed by atoms with Crippen molar-refractivity contribution >= 4 is 28.8 Å². The summed E-state index contributed by atoms with van der Waals surface area (Å²) in [6.07, 6.45) is 1.91. The molecule has 0 unspecified atom stereocenters. The van der Waals surface area contributed by atoms with Crippen LogP contribution in [0.4, 0.5) is 0 Å². The standard InChI is InChI=1S/C17H19ClN2OS/c1-20(2)10-13-5-8-16(22-13)17(21)19-15-7-3-11-9-12(18)4-6-14(11)15/h4-6,8-9,15H,3,7,10H2,1-2H3,(H,19,21)/t15-/m1/s1. The molecule has 1 aliphatic rings. The lowest BCUT2D eigenvalue weighted by Crippen LogP contribution is -2.26. The maximum atomic E-state index is 12.4. The number of hydrogen-bond donors (Lipinski definition) is 1. The van der Waals surface area contributed by atoms with Crippen LogP contribution in [-0.4, -0.2) is 24.9 Å². The van der Waals surface area contributed by atoms with E-state index in [0.29, 0.717) is 0 Å². The molecule has 2 aromatic rings. The summed E-state index contributed by atoms with van der Waals surface area (Å²) in [5, 5.41) is 3.91. The second-order valence-electron chi connectivity index (χ2n) is 5.91. The summed E-state index contributed by atoms with van der Waals surface area (Å²) in [6, 6.07) is 9.97. The molecule has 3 rings (SSSR count). The maximum Gasteiger partial charge on any atom is 0.261 e. The van der Waals surface area contributed by atoms with Gasteiger partial charge in [0.25, 0.3) is 5.91 Å². The fraction of sp³-hybridized carbons (Fsp3) is 0.353. The van der Waals surface area contributed by atoms with E-state index in [1.165, 1.54) is 16.0 Å². The highest BCUT2D eigenvalue weighted by atomic mass is 35.5. The lowest BCUT2D eigenvalue weighted by atomic mass is 10.1. The summed E-state index contributed by atoms with van der Waals surface area (Å²) in [5.41, 5.74) is 2.44. The number of amides is 1. The molecule has 1 N–H and O–H groups in total. The van der Waals surface area contributed by atoms with E-state index < -0.39 is 0 Å². The van der Waals surface area contributed by atoms with Crippen LogP contribution in [0.15, 0.2) is 30.3 Å². The van der Waals surface area contributed by atoms with Gasteiger partial charge in [-0.2, -0.15) is 0 Å². The number of hydrogen-bond acceptors (Lipinski definition) is 3. The van der Waals surface area contributed by atoms with E-state index in [2.05, 4.69) is 10.2 Å². The molecule has 116 valence electrons. The Bertz CT molecular complexity index is 696. The number of thiophene rings is 1. The number of carbonyl (C=O) groups is 1. The molecule has 1 atom stereocenters. The number of benzene rings is 1. The number of rotatable bonds is 4. The topological polar surface area (TPSA) is 32.3 Å². The molecule has 1 aliphatic carbocycles. The minimum Gasteiger partial charge on any atom is -0.345 e. The normalized spacial score (nSPS) is 16.8. The van der Waals surface area contributed by atoms with E-state index in [-0.39, 0.29) is 11.9 Å². The van der Waals surface area contributed by atoms with Crippen molar-refractivity contribution in [2.45, 2.75) is 25.4 Å². The van der Waals surface area contributed by atoms with Gasteiger partial charge >= 0.3 is 0 Å². The molecular formula is C17H19ClN2OS. The van der Waals surface area contributed by atoms with Crippen LogP contribution in [0.1, 0.15) is 38.1 Å². The molecule has 1 amide bonds. The first-order valence-corrected chi connectivity index (χ1v) is 8.55. The van der Waals surface area contributed by atoms with Crippen LogP contribution >= 0.6 is 22.9 Å². The third-order valence-corrected chi connectivity index (χ3v) is 5.15. The highest BCUT2D eigenvalue weighted by Crippen LogP contribution is 2.33. The molecule has 1 heterocycles. The molecule has 0 saturated carbocycles. The van der Waals surface area contributed by atoms with Crippen LogP contribution in [0.25, 0.3) is 0 Å². The summed E-state index contributed by atoms with van der Waals surface area (Å²) < 4.78 is 0. The Hall–Kier alpha value is -1.36. The average Bonchev–Trinajstić information content (AvgIpc) is 3.05. The van der Waals surface area contributed by atoms with Crippen molar-refractivity contribution in [2.24, 2.45) is 0 Å². The van der Waals surface area contributed by atoms with Gasteiger partial charge in [-0.25, -0.2) is 0 Å². The number of nitrogens with zero attached hydrogens (tertiary/aromatic N) is 1. The minimum absolute atomic E-state index is 0.0165. The van der Waals surface area contributed by atoms with E-state index in [1.54, 1.807) is 11.3 Å². The van der Waals surface area contributed by atoms with Crippen LogP contribution in [0.2, 0.25) is 5.02 Å². The van der Waals surface area contributed by atoms with Gasteiger partial charge in [0.05, 0.1) is 10.9 Å². The smallest absolute Gasteiger partial charge is 0.261 e. The van der Waals surface area contributed by atoms with Crippen molar-refractivity contribution < 1.29 is 4.79 Å². The van der Waals surface area contributed by atoms with Gasteiger partial charge in [-0.05, 0) is 62.3 Å². The highest BCUT2D eigenvalue weighted by Gasteiger charge is 2.24. The van der Waals surface area contributed by atoms with Crippen molar-refractivity contribution in [3.8, 4) is 0 Å². The van der Waals surface area contributed by atoms with Gasteiger partial charge in [0.2, 0.25) is 0 Å². The van der Waals surface area contributed by atoms with Gasteiger partial charge in [0, 0.05) is 16.4 Å². The van der Waals surface area contributed by atoms with E-state index >= 15 is 0 Å². The molecule has 1 aromatic carbocycles. The molecule has 5 heteroatoms. The Balaban J connectivity index is 1.69. The van der Waals surface area contributed by atoms with Gasteiger partial charge in [0.1, 0.15) is 0 Å². The Morgan fingerprint density at radius 3 is 2.95 bits per heavy atom. The van der Waals surface area contributed by atoms with Gasteiger partial charge < -0.3 is 10.2 Å². The van der Waals surface area contributed by atoms with Crippen LogP contribution in [-0.2, 0) is 13.0 Å². The molecule has 3 nitrogen and oxygen atoms in total. The number of carbonyl (C=O) groups excluding carboxylic acids is 1. The Kier molecular flexibility index (Phi) is 4.52. The van der Waals surface area contributed by atoms with E-state index in [0.717, 1.165) is 29.3 Å². The molecule has 0 bridgehead atoms. The Labute approximate surface area is 139 Å². The van der Waals surface area contributed by atoms with Gasteiger partial charge in [-0.3, -0.25) is 4.79 Å². The van der Waals surface area contributed by atoms with E-state index in [4.69, 9.17) is 11.6 Å². The summed E-state index contributed by atoms with van der Waals surface area (Å²) in [7, 11) is 4.06. The maximum absolute atomic E-state index is 12.4. The largest absolute Gasteiger partial charge is 0.345 e. The number of aryl methyl sites for hydroxylation is 1. The third-order valence-electron chi connectivity index (χ3n) is 3.85. The molecular weight excluding hydrogens is 316 g/mol. The second kappa shape index (κ2) is 6.41. The fourth-order valence-electron chi connectivity index (χ4n) is 2.86. The molecule has 0 radical (unpaired) electrons. The summed E-state index contributed by atoms with van der Waals surface area (Å²) in [5.74, 6) is 0.0165. The van der Waals surface area contributed by atoms with Crippen LogP contribution in [0, 0.1) is 0 Å². The number of fused-ring (bicyclic) bond motifs is 1. The van der Waals surface area contributed by atoms with Crippen molar-refractivity contribution in [1.29, 1.82) is 0 Å². The van der Waals surface area contributed by atoms with Gasteiger partial charge in [0.15, 0.2) is 0 Å². The van der Waals surface area contributed by atoms with E-state index in [9.17, 15) is 4.79 Å². The lowest BCUT2D eigenvalue weighted by Gasteiger charge is -2.13. The van der Waals surface area contributed by atoms with E-state index in [1.807, 2.05) is 44.4 Å². The quantitative estimate of drug-likeness (QED) is 0.920.